The van der Waals surface area contributed by atoms with Crippen LogP contribution in [0, 0.1) is 11.3 Å². The smallest absolute Gasteiger partial charge is 0.434 e. The van der Waals surface area contributed by atoms with Crippen molar-refractivity contribution in [3.8, 4) is 23.3 Å². The Bertz CT molecular complexity index is 684. The molecule has 0 amide bonds. The first-order chi connectivity index (χ1) is 9.15. The topological polar surface area (TPSA) is 91.9 Å². The van der Waals surface area contributed by atoms with E-state index in [1.54, 1.807) is 0 Å². The van der Waals surface area contributed by atoms with Crippen molar-refractivity contribution in [1.29, 1.82) is 5.26 Å². The maximum Gasteiger partial charge on any atom is 0.434 e. The second-order valence-corrected chi connectivity index (χ2v) is 4.12. The molecule has 0 saturated heterocycles. The molecular weight excluding hydrogens is 270 g/mol. The molecule has 0 aliphatic heterocycles. The summed E-state index contributed by atoms with van der Waals surface area (Å²) < 4.78 is 10.2. The van der Waals surface area contributed by atoms with Crippen LogP contribution >= 0.6 is 11.6 Å². The number of ether oxygens (including phenoxy) is 1. The molecule has 1 aromatic carbocycles. The van der Waals surface area contributed by atoms with Gasteiger partial charge in [0.15, 0.2) is 5.75 Å². The highest BCUT2D eigenvalue weighted by Gasteiger charge is 2.14. The van der Waals surface area contributed by atoms with Crippen LogP contribution in [0.4, 0.5) is 0 Å². The second kappa shape index (κ2) is 5.59. The third kappa shape index (κ3) is 2.77. The number of benzene rings is 1. The fourth-order valence-corrected chi connectivity index (χ4v) is 1.78. The molecular formula is C12H10ClN3O3. The summed E-state index contributed by atoms with van der Waals surface area (Å²) in [4.78, 5) is 10.9. The number of halogens is 1. The summed E-state index contributed by atoms with van der Waals surface area (Å²) in [6.45, 7) is 2.41. The Morgan fingerprint density at radius 2 is 2.37 bits per heavy atom. The first-order valence-electron chi connectivity index (χ1n) is 5.58. The van der Waals surface area contributed by atoms with Crippen LogP contribution < -0.4 is 10.5 Å². The fraction of sp³-hybridized carbons (Fsp3) is 0.250. The Morgan fingerprint density at radius 3 is 2.95 bits per heavy atom. The molecule has 7 heteroatoms. The van der Waals surface area contributed by atoms with Gasteiger partial charge in [-0.25, -0.2) is 9.89 Å². The summed E-state index contributed by atoms with van der Waals surface area (Å²) in [5.41, 5.74) is 0.699. The zero-order valence-electron chi connectivity index (χ0n) is 10.1. The molecule has 2 aromatic rings. The van der Waals surface area contributed by atoms with E-state index in [9.17, 15) is 4.79 Å². The van der Waals surface area contributed by atoms with Gasteiger partial charge in [-0.1, -0.05) is 18.5 Å². The van der Waals surface area contributed by atoms with Gasteiger partial charge in [0, 0.05) is 5.56 Å². The van der Waals surface area contributed by atoms with E-state index in [-0.39, 0.29) is 16.5 Å². The summed E-state index contributed by atoms with van der Waals surface area (Å²) in [6, 6.07) is 5.04. The summed E-state index contributed by atoms with van der Waals surface area (Å²) in [6.07, 6.45) is 0.803. The molecule has 2 rings (SSSR count). The summed E-state index contributed by atoms with van der Waals surface area (Å²) in [5.74, 6) is -0.269. The number of hydrogen-bond donors (Lipinski definition) is 1. The third-order valence-electron chi connectivity index (χ3n) is 2.30. The molecule has 1 heterocycles. The Kier molecular flexibility index (Phi) is 3.88. The van der Waals surface area contributed by atoms with Crippen LogP contribution in [0.15, 0.2) is 21.3 Å². The van der Waals surface area contributed by atoms with E-state index in [2.05, 4.69) is 10.2 Å². The van der Waals surface area contributed by atoms with Crippen molar-refractivity contribution in [2.75, 3.05) is 6.61 Å². The molecule has 0 radical (unpaired) electrons. The van der Waals surface area contributed by atoms with Gasteiger partial charge in [-0.2, -0.15) is 5.26 Å². The first-order valence-corrected chi connectivity index (χ1v) is 5.95. The molecule has 0 atom stereocenters. The summed E-state index contributed by atoms with van der Waals surface area (Å²) >= 11 is 6.07. The van der Waals surface area contributed by atoms with E-state index in [1.165, 1.54) is 12.1 Å². The molecule has 0 saturated carbocycles. The number of nitrogens with zero attached hydrogens (tertiary/aromatic N) is 2. The monoisotopic (exact) mass is 279 g/mol. The molecule has 0 aliphatic carbocycles. The van der Waals surface area contributed by atoms with Crippen molar-refractivity contribution in [2.24, 2.45) is 0 Å². The standard InChI is InChI=1S/C12H10ClN3O3/c1-2-3-18-10-8(6-14)4-7(5-9(10)13)11-15-16-12(17)19-11/h4-5H,2-3H2,1H3,(H,16,17). The number of hydrogen-bond acceptors (Lipinski definition) is 5. The maximum atomic E-state index is 10.9. The van der Waals surface area contributed by atoms with Gasteiger partial charge in [0.25, 0.3) is 0 Å². The van der Waals surface area contributed by atoms with Gasteiger partial charge in [-0.15, -0.1) is 5.10 Å². The quantitative estimate of drug-likeness (QED) is 0.927. The third-order valence-corrected chi connectivity index (χ3v) is 2.58. The molecule has 0 spiro atoms. The SMILES string of the molecule is CCCOc1c(Cl)cc(-c2n[nH]c(=O)o2)cc1C#N. The highest BCUT2D eigenvalue weighted by molar-refractivity contribution is 6.32. The minimum atomic E-state index is -0.670. The zero-order valence-corrected chi connectivity index (χ0v) is 10.8. The van der Waals surface area contributed by atoms with Gasteiger partial charge in [-0.3, -0.25) is 0 Å². The predicted octanol–water partition coefficient (Wildman–Crippen LogP) is 2.34. The van der Waals surface area contributed by atoms with E-state index in [4.69, 9.17) is 26.0 Å². The Labute approximate surface area is 113 Å². The summed E-state index contributed by atoms with van der Waals surface area (Å²) in [5, 5.41) is 15.2. The van der Waals surface area contributed by atoms with Crippen LogP contribution in [-0.2, 0) is 0 Å². The summed E-state index contributed by atoms with van der Waals surface area (Å²) in [7, 11) is 0. The van der Waals surface area contributed by atoms with Crippen LogP contribution in [0.3, 0.4) is 0 Å². The molecule has 98 valence electrons. The van der Waals surface area contributed by atoms with Crippen molar-refractivity contribution in [2.45, 2.75) is 13.3 Å². The molecule has 0 aliphatic rings. The second-order valence-electron chi connectivity index (χ2n) is 3.71. The lowest BCUT2D eigenvalue weighted by molar-refractivity contribution is 0.317. The molecule has 1 N–H and O–H groups in total. The maximum absolute atomic E-state index is 10.9. The van der Waals surface area contributed by atoms with Crippen molar-refractivity contribution in [3.63, 3.8) is 0 Å². The van der Waals surface area contributed by atoms with Crippen LogP contribution in [0.2, 0.25) is 5.02 Å². The average molecular weight is 280 g/mol. The van der Waals surface area contributed by atoms with Crippen LogP contribution in [0.25, 0.3) is 11.5 Å². The lowest BCUT2D eigenvalue weighted by atomic mass is 10.1. The number of rotatable bonds is 4. The van der Waals surface area contributed by atoms with Crippen molar-refractivity contribution < 1.29 is 9.15 Å². The van der Waals surface area contributed by atoms with Gasteiger partial charge in [0.2, 0.25) is 5.89 Å². The van der Waals surface area contributed by atoms with Crippen LogP contribution in [0.1, 0.15) is 18.9 Å². The lowest BCUT2D eigenvalue weighted by Crippen LogP contribution is -1.98. The number of aromatic nitrogens is 2. The Balaban J connectivity index is 2.47. The van der Waals surface area contributed by atoms with Gasteiger partial charge in [0.05, 0.1) is 17.2 Å². The van der Waals surface area contributed by atoms with Crippen LogP contribution in [0.5, 0.6) is 5.75 Å². The highest BCUT2D eigenvalue weighted by atomic mass is 35.5. The highest BCUT2D eigenvalue weighted by Crippen LogP contribution is 2.33. The molecule has 0 fully saturated rings. The molecule has 0 unspecified atom stereocenters. The molecule has 1 aromatic heterocycles. The van der Waals surface area contributed by atoms with E-state index < -0.39 is 5.76 Å². The molecule has 6 nitrogen and oxygen atoms in total. The van der Waals surface area contributed by atoms with Gasteiger partial charge >= 0.3 is 5.76 Å². The largest absolute Gasteiger partial charge is 0.491 e. The molecule has 0 bridgehead atoms. The molecule has 19 heavy (non-hydrogen) atoms. The van der Waals surface area contributed by atoms with E-state index >= 15 is 0 Å². The van der Waals surface area contributed by atoms with Crippen molar-refractivity contribution in [3.05, 3.63) is 33.3 Å². The average Bonchev–Trinajstić information content (AvgIpc) is 2.83. The van der Waals surface area contributed by atoms with Gasteiger partial charge < -0.3 is 9.15 Å². The number of nitrogens with one attached hydrogen (secondary N) is 1. The zero-order chi connectivity index (χ0) is 13.8. The number of nitriles is 1. The minimum absolute atomic E-state index is 0.0745. The minimum Gasteiger partial charge on any atom is -0.491 e. The van der Waals surface area contributed by atoms with Crippen molar-refractivity contribution >= 4 is 11.6 Å². The predicted molar refractivity (Wildman–Crippen MR) is 68.1 cm³/mol. The lowest BCUT2D eigenvalue weighted by Gasteiger charge is -2.09. The number of H-pyrrole nitrogens is 1. The number of aromatic amines is 1. The van der Waals surface area contributed by atoms with Gasteiger partial charge in [0.1, 0.15) is 6.07 Å². The van der Waals surface area contributed by atoms with Gasteiger partial charge in [-0.05, 0) is 18.6 Å². The van der Waals surface area contributed by atoms with E-state index in [0.29, 0.717) is 17.9 Å². The van der Waals surface area contributed by atoms with E-state index in [1.807, 2.05) is 13.0 Å². The Morgan fingerprint density at radius 1 is 1.58 bits per heavy atom. The fourth-order valence-electron chi connectivity index (χ4n) is 1.50. The Hall–Kier alpha value is -2.26. The van der Waals surface area contributed by atoms with Crippen molar-refractivity contribution in [1.82, 2.24) is 10.2 Å². The van der Waals surface area contributed by atoms with E-state index in [0.717, 1.165) is 6.42 Å². The van der Waals surface area contributed by atoms with Crippen LogP contribution in [-0.4, -0.2) is 16.8 Å². The normalized spacial score (nSPS) is 10.2. The first kappa shape index (κ1) is 13.2.